The molecule has 0 saturated heterocycles. The van der Waals surface area contributed by atoms with Crippen LogP contribution in [0.1, 0.15) is 17.4 Å². The van der Waals surface area contributed by atoms with Gasteiger partial charge in [0.25, 0.3) is 0 Å². The van der Waals surface area contributed by atoms with Gasteiger partial charge in [-0.3, -0.25) is 4.79 Å². The van der Waals surface area contributed by atoms with Crippen molar-refractivity contribution in [2.75, 3.05) is 39.6 Å². The van der Waals surface area contributed by atoms with E-state index in [1.807, 2.05) is 64.6 Å². The minimum atomic E-state index is -0.0856. The lowest BCUT2D eigenvalue weighted by atomic mass is 10.1. The van der Waals surface area contributed by atoms with Crippen molar-refractivity contribution in [1.29, 1.82) is 0 Å². The number of anilines is 1. The molecule has 3 aromatic rings. The summed E-state index contributed by atoms with van der Waals surface area (Å²) in [6.07, 6.45) is 0.166. The van der Waals surface area contributed by atoms with Crippen LogP contribution in [0.15, 0.2) is 65.2 Å². The number of likely N-dealkylation sites (N-methyl/N-ethyl adjacent to an activating group) is 1. The van der Waals surface area contributed by atoms with E-state index >= 15 is 0 Å². The molecule has 1 N–H and O–H groups in total. The summed E-state index contributed by atoms with van der Waals surface area (Å²) in [5.41, 5.74) is 4.01. The van der Waals surface area contributed by atoms with E-state index in [0.717, 1.165) is 22.5 Å². The lowest BCUT2D eigenvalue weighted by Crippen LogP contribution is -2.35. The molecule has 1 heterocycles. The van der Waals surface area contributed by atoms with E-state index in [4.69, 9.17) is 4.52 Å². The molecule has 0 aliphatic rings. The Balaban J connectivity index is 1.59. The number of benzene rings is 2. The van der Waals surface area contributed by atoms with Crippen molar-refractivity contribution < 1.29 is 9.32 Å². The molecule has 2 aromatic carbocycles. The number of carbonyl (C=O) groups is 1. The molecule has 0 saturated carbocycles. The smallest absolute Gasteiger partial charge is 0.227 e. The summed E-state index contributed by atoms with van der Waals surface area (Å²) >= 11 is 0. The topological polar surface area (TPSA) is 61.6 Å². The molecule has 1 amide bonds. The van der Waals surface area contributed by atoms with Gasteiger partial charge in [0.15, 0.2) is 0 Å². The molecule has 152 valence electrons. The van der Waals surface area contributed by atoms with Crippen LogP contribution in [0.25, 0.3) is 11.3 Å². The van der Waals surface area contributed by atoms with E-state index in [1.54, 1.807) is 0 Å². The lowest BCUT2D eigenvalue weighted by molar-refractivity contribution is -0.120. The predicted molar refractivity (Wildman–Crippen MR) is 116 cm³/mol. The minimum absolute atomic E-state index is 0.0856. The van der Waals surface area contributed by atoms with Crippen molar-refractivity contribution in [1.82, 2.24) is 15.4 Å². The average molecular weight is 393 g/mol. The van der Waals surface area contributed by atoms with Gasteiger partial charge in [0, 0.05) is 38.0 Å². The van der Waals surface area contributed by atoms with Gasteiger partial charge in [-0.25, -0.2) is 0 Å². The normalized spacial score (nSPS) is 12.0. The molecule has 1 unspecified atom stereocenters. The van der Waals surface area contributed by atoms with Crippen LogP contribution in [-0.4, -0.2) is 50.7 Å². The van der Waals surface area contributed by atoms with Crippen LogP contribution in [0.2, 0.25) is 0 Å². The molecule has 0 fully saturated rings. The second kappa shape index (κ2) is 9.39. The van der Waals surface area contributed by atoms with Gasteiger partial charge in [-0.2, -0.15) is 0 Å². The number of hydrogen-bond donors (Lipinski definition) is 1. The van der Waals surface area contributed by atoms with Crippen LogP contribution >= 0.6 is 0 Å². The molecule has 1 atom stereocenters. The molecule has 29 heavy (non-hydrogen) atoms. The van der Waals surface area contributed by atoms with Crippen molar-refractivity contribution in [2.24, 2.45) is 0 Å². The first-order valence-corrected chi connectivity index (χ1v) is 9.65. The Bertz CT molecular complexity index is 918. The number of hydrogen-bond acceptors (Lipinski definition) is 5. The van der Waals surface area contributed by atoms with Gasteiger partial charge in [0.2, 0.25) is 5.91 Å². The van der Waals surface area contributed by atoms with E-state index in [-0.39, 0.29) is 18.4 Å². The molecule has 1 aromatic heterocycles. The Morgan fingerprint density at radius 2 is 1.72 bits per heavy atom. The first kappa shape index (κ1) is 20.6. The van der Waals surface area contributed by atoms with Crippen molar-refractivity contribution in [2.45, 2.75) is 12.5 Å². The third-order valence-electron chi connectivity index (χ3n) is 4.87. The second-order valence-electron chi connectivity index (χ2n) is 7.49. The number of carbonyl (C=O) groups excluding carboxylic acids is 1. The van der Waals surface area contributed by atoms with E-state index in [9.17, 15) is 4.79 Å². The van der Waals surface area contributed by atoms with Crippen molar-refractivity contribution >= 4 is 11.6 Å². The summed E-state index contributed by atoms with van der Waals surface area (Å²) < 4.78 is 5.34. The van der Waals surface area contributed by atoms with Crippen LogP contribution in [0.5, 0.6) is 0 Å². The summed E-state index contributed by atoms with van der Waals surface area (Å²) in [6, 6.07) is 20.1. The van der Waals surface area contributed by atoms with Crippen molar-refractivity contribution in [3.05, 3.63) is 72.0 Å². The molecule has 6 heteroatoms. The first-order valence-electron chi connectivity index (χ1n) is 9.65. The Morgan fingerprint density at radius 1 is 1.03 bits per heavy atom. The van der Waals surface area contributed by atoms with E-state index in [0.29, 0.717) is 12.3 Å². The van der Waals surface area contributed by atoms with Crippen molar-refractivity contribution in [3.63, 3.8) is 0 Å². The highest BCUT2D eigenvalue weighted by atomic mass is 16.5. The van der Waals surface area contributed by atoms with E-state index in [2.05, 4.69) is 44.5 Å². The fourth-order valence-corrected chi connectivity index (χ4v) is 3.17. The Hall–Kier alpha value is -3.12. The van der Waals surface area contributed by atoms with Crippen molar-refractivity contribution in [3.8, 4) is 11.3 Å². The molecule has 0 aliphatic heterocycles. The molecule has 3 rings (SSSR count). The SMILES string of the molecule is CN(C)c1ccc(C(CNC(=O)Cc2cc(-c3ccccc3)no2)N(C)C)cc1. The van der Waals surface area contributed by atoms with E-state index < -0.39 is 0 Å². The Morgan fingerprint density at radius 3 is 2.34 bits per heavy atom. The number of rotatable bonds is 8. The maximum Gasteiger partial charge on any atom is 0.227 e. The lowest BCUT2D eigenvalue weighted by Gasteiger charge is -2.25. The third kappa shape index (κ3) is 5.45. The highest BCUT2D eigenvalue weighted by Crippen LogP contribution is 2.21. The van der Waals surface area contributed by atoms with Gasteiger partial charge < -0.3 is 19.6 Å². The van der Waals surface area contributed by atoms with Crippen LogP contribution in [0.4, 0.5) is 5.69 Å². The molecule has 6 nitrogen and oxygen atoms in total. The molecular formula is C23H28N4O2. The number of nitrogens with zero attached hydrogens (tertiary/aromatic N) is 3. The summed E-state index contributed by atoms with van der Waals surface area (Å²) in [7, 11) is 8.06. The Labute approximate surface area is 172 Å². The Kier molecular flexibility index (Phi) is 6.67. The van der Waals surface area contributed by atoms with Crippen LogP contribution in [0.3, 0.4) is 0 Å². The van der Waals surface area contributed by atoms with Gasteiger partial charge in [-0.15, -0.1) is 0 Å². The van der Waals surface area contributed by atoms with Crippen LogP contribution in [0, 0.1) is 0 Å². The van der Waals surface area contributed by atoms with Gasteiger partial charge in [0.05, 0.1) is 12.5 Å². The fourth-order valence-electron chi connectivity index (χ4n) is 3.17. The highest BCUT2D eigenvalue weighted by Gasteiger charge is 2.17. The molecule has 0 spiro atoms. The average Bonchev–Trinajstić information content (AvgIpc) is 3.17. The van der Waals surface area contributed by atoms with Gasteiger partial charge in [0.1, 0.15) is 11.5 Å². The number of amides is 1. The molecular weight excluding hydrogens is 364 g/mol. The van der Waals surface area contributed by atoms with Gasteiger partial charge >= 0.3 is 0 Å². The zero-order chi connectivity index (χ0) is 20.8. The largest absolute Gasteiger partial charge is 0.378 e. The number of nitrogens with one attached hydrogen (secondary N) is 1. The zero-order valence-corrected chi connectivity index (χ0v) is 17.4. The molecule has 0 radical (unpaired) electrons. The van der Waals surface area contributed by atoms with Crippen LogP contribution in [-0.2, 0) is 11.2 Å². The van der Waals surface area contributed by atoms with Gasteiger partial charge in [-0.1, -0.05) is 47.6 Å². The number of aromatic nitrogens is 1. The highest BCUT2D eigenvalue weighted by molar-refractivity contribution is 5.78. The molecule has 0 bridgehead atoms. The van der Waals surface area contributed by atoms with Crippen LogP contribution < -0.4 is 10.2 Å². The summed E-state index contributed by atoms with van der Waals surface area (Å²) in [4.78, 5) is 16.6. The summed E-state index contributed by atoms with van der Waals surface area (Å²) in [6.45, 7) is 0.521. The monoisotopic (exact) mass is 392 g/mol. The predicted octanol–water partition coefficient (Wildman–Crippen LogP) is 3.37. The summed E-state index contributed by atoms with van der Waals surface area (Å²) in [5, 5.41) is 7.08. The first-order chi connectivity index (χ1) is 13.9. The quantitative estimate of drug-likeness (QED) is 0.637. The molecule has 0 aliphatic carbocycles. The third-order valence-corrected chi connectivity index (χ3v) is 4.87. The zero-order valence-electron chi connectivity index (χ0n) is 17.4. The minimum Gasteiger partial charge on any atom is -0.378 e. The fraction of sp³-hybridized carbons (Fsp3) is 0.304. The summed E-state index contributed by atoms with van der Waals surface area (Å²) in [5.74, 6) is 0.468. The maximum absolute atomic E-state index is 12.4. The maximum atomic E-state index is 12.4. The van der Waals surface area contributed by atoms with Gasteiger partial charge in [-0.05, 0) is 31.8 Å². The van der Waals surface area contributed by atoms with E-state index in [1.165, 1.54) is 0 Å². The standard InChI is InChI=1S/C23H28N4O2/c1-26(2)19-12-10-18(11-13-19)22(27(3)4)16-24-23(28)15-20-14-21(25-29-20)17-8-6-5-7-9-17/h5-14,22H,15-16H2,1-4H3,(H,24,28). The second-order valence-corrected chi connectivity index (χ2v) is 7.49.